The smallest absolute Gasteiger partial charge is 0.241 e. The maximum atomic E-state index is 13.6. The predicted octanol–water partition coefficient (Wildman–Crippen LogP) is 2.14. The molecule has 0 fully saturated rings. The van der Waals surface area contributed by atoms with E-state index in [1.807, 2.05) is 6.92 Å². The molecule has 0 saturated heterocycles. The van der Waals surface area contributed by atoms with Gasteiger partial charge in [-0.2, -0.15) is 0 Å². The van der Waals surface area contributed by atoms with Crippen molar-refractivity contribution in [2.24, 2.45) is 5.73 Å². The van der Waals surface area contributed by atoms with Gasteiger partial charge in [0.25, 0.3) is 0 Å². The Balaban J connectivity index is 3.18. The molecule has 19 heavy (non-hydrogen) atoms. The van der Waals surface area contributed by atoms with Crippen LogP contribution in [0.3, 0.4) is 0 Å². The van der Waals surface area contributed by atoms with Crippen molar-refractivity contribution >= 4 is 10.0 Å². The van der Waals surface area contributed by atoms with Gasteiger partial charge in [0.1, 0.15) is 5.82 Å². The first kappa shape index (κ1) is 16.1. The highest BCUT2D eigenvalue weighted by Crippen LogP contribution is 2.21. The van der Waals surface area contributed by atoms with E-state index >= 15 is 0 Å². The Morgan fingerprint density at radius 2 is 2.00 bits per heavy atom. The van der Waals surface area contributed by atoms with Crippen LogP contribution in [0.1, 0.15) is 39.2 Å². The van der Waals surface area contributed by atoms with Crippen LogP contribution in [0.2, 0.25) is 0 Å². The minimum Gasteiger partial charge on any atom is -0.326 e. The van der Waals surface area contributed by atoms with Crippen molar-refractivity contribution < 1.29 is 12.8 Å². The topological polar surface area (TPSA) is 72.2 Å². The van der Waals surface area contributed by atoms with E-state index in [1.165, 1.54) is 18.2 Å². The summed E-state index contributed by atoms with van der Waals surface area (Å²) in [5, 5.41) is 0. The van der Waals surface area contributed by atoms with E-state index in [-0.39, 0.29) is 17.0 Å². The van der Waals surface area contributed by atoms with Gasteiger partial charge >= 0.3 is 0 Å². The Morgan fingerprint density at radius 3 is 2.53 bits per heavy atom. The highest BCUT2D eigenvalue weighted by Gasteiger charge is 2.27. The van der Waals surface area contributed by atoms with E-state index in [0.29, 0.717) is 6.42 Å². The lowest BCUT2D eigenvalue weighted by molar-refractivity contribution is 0.417. The van der Waals surface area contributed by atoms with Gasteiger partial charge in [-0.1, -0.05) is 19.4 Å². The minimum atomic E-state index is -3.78. The molecule has 0 atom stereocenters. The number of rotatable bonds is 6. The Hall–Kier alpha value is -0.980. The van der Waals surface area contributed by atoms with Crippen LogP contribution in [-0.2, 0) is 16.6 Å². The molecule has 0 aliphatic heterocycles. The summed E-state index contributed by atoms with van der Waals surface area (Å²) < 4.78 is 40.8. The number of hydrogen-bond acceptors (Lipinski definition) is 3. The second kappa shape index (κ2) is 5.98. The van der Waals surface area contributed by atoms with Crippen molar-refractivity contribution in [1.29, 1.82) is 0 Å². The summed E-state index contributed by atoms with van der Waals surface area (Å²) in [5.41, 5.74) is 4.88. The van der Waals surface area contributed by atoms with Gasteiger partial charge in [0, 0.05) is 17.6 Å². The second-order valence-corrected chi connectivity index (χ2v) is 6.81. The Kier molecular flexibility index (Phi) is 5.06. The van der Waals surface area contributed by atoms with Crippen molar-refractivity contribution in [3.05, 3.63) is 29.6 Å². The van der Waals surface area contributed by atoms with Crippen molar-refractivity contribution in [2.45, 2.75) is 50.6 Å². The second-order valence-electron chi connectivity index (χ2n) is 5.16. The van der Waals surface area contributed by atoms with Crippen molar-refractivity contribution in [3.8, 4) is 0 Å². The quantitative estimate of drug-likeness (QED) is 0.842. The average molecular weight is 288 g/mol. The highest BCUT2D eigenvalue weighted by atomic mass is 32.2. The molecule has 0 aliphatic carbocycles. The fourth-order valence-corrected chi connectivity index (χ4v) is 3.79. The molecule has 4 nitrogen and oxygen atoms in total. The highest BCUT2D eigenvalue weighted by molar-refractivity contribution is 7.89. The summed E-state index contributed by atoms with van der Waals surface area (Å²) in [4.78, 5) is -0.0841. The number of hydrogen-bond donors (Lipinski definition) is 2. The molecule has 0 bridgehead atoms. The molecule has 1 rings (SSSR count). The fourth-order valence-electron chi connectivity index (χ4n) is 2.08. The van der Waals surface area contributed by atoms with Crippen LogP contribution in [-0.4, -0.2) is 14.0 Å². The monoisotopic (exact) mass is 288 g/mol. The normalized spacial score (nSPS) is 12.7. The van der Waals surface area contributed by atoms with Crippen LogP contribution in [0, 0.1) is 5.82 Å². The zero-order valence-electron chi connectivity index (χ0n) is 11.5. The van der Waals surface area contributed by atoms with Crippen LogP contribution in [0.15, 0.2) is 23.1 Å². The van der Waals surface area contributed by atoms with Crippen molar-refractivity contribution in [3.63, 3.8) is 0 Å². The molecule has 0 aliphatic rings. The molecule has 0 amide bonds. The van der Waals surface area contributed by atoms with Gasteiger partial charge in [0.05, 0.1) is 4.90 Å². The maximum absolute atomic E-state index is 13.6. The van der Waals surface area contributed by atoms with E-state index in [1.54, 1.807) is 13.8 Å². The van der Waals surface area contributed by atoms with Crippen LogP contribution in [0.25, 0.3) is 0 Å². The molecule has 1 aromatic rings. The molecule has 0 aromatic heterocycles. The van der Waals surface area contributed by atoms with Crippen molar-refractivity contribution in [2.75, 3.05) is 0 Å². The van der Waals surface area contributed by atoms with Gasteiger partial charge in [0.15, 0.2) is 0 Å². The summed E-state index contributed by atoms with van der Waals surface area (Å²) in [6.45, 7) is 5.42. The van der Waals surface area contributed by atoms with E-state index in [9.17, 15) is 12.8 Å². The van der Waals surface area contributed by atoms with Gasteiger partial charge in [-0.15, -0.1) is 0 Å². The lowest BCUT2D eigenvalue weighted by Gasteiger charge is -2.26. The SMILES string of the molecule is CCCC(C)(C)NS(=O)(=O)c1cccc(F)c1CN. The molecule has 3 N–H and O–H groups in total. The lowest BCUT2D eigenvalue weighted by Crippen LogP contribution is -2.43. The van der Waals surface area contributed by atoms with Crippen LogP contribution in [0.5, 0.6) is 0 Å². The third-order valence-corrected chi connectivity index (χ3v) is 4.64. The largest absolute Gasteiger partial charge is 0.326 e. The molecular formula is C13H21FN2O2S. The van der Waals surface area contributed by atoms with Gasteiger partial charge in [-0.05, 0) is 32.4 Å². The summed E-state index contributed by atoms with van der Waals surface area (Å²) in [7, 11) is -3.78. The van der Waals surface area contributed by atoms with Crippen LogP contribution in [0.4, 0.5) is 4.39 Å². The van der Waals surface area contributed by atoms with E-state index in [0.717, 1.165) is 6.42 Å². The molecular weight excluding hydrogens is 267 g/mol. The minimum absolute atomic E-state index is 0.0160. The van der Waals surface area contributed by atoms with Gasteiger partial charge in [-0.3, -0.25) is 0 Å². The number of halogens is 1. The fraction of sp³-hybridized carbons (Fsp3) is 0.538. The summed E-state index contributed by atoms with van der Waals surface area (Å²) in [6, 6.07) is 3.95. The average Bonchev–Trinajstić information content (AvgIpc) is 2.26. The van der Waals surface area contributed by atoms with Crippen LogP contribution < -0.4 is 10.5 Å². The number of benzene rings is 1. The third kappa shape index (κ3) is 3.99. The molecule has 1 aromatic carbocycles. The number of nitrogens with two attached hydrogens (primary N) is 1. The third-order valence-electron chi connectivity index (χ3n) is 2.86. The zero-order valence-corrected chi connectivity index (χ0v) is 12.3. The Morgan fingerprint density at radius 1 is 1.37 bits per heavy atom. The number of sulfonamides is 1. The van der Waals surface area contributed by atoms with Gasteiger partial charge in [-0.25, -0.2) is 17.5 Å². The maximum Gasteiger partial charge on any atom is 0.241 e. The van der Waals surface area contributed by atoms with Gasteiger partial charge in [0.2, 0.25) is 10.0 Å². The Bertz CT molecular complexity index is 542. The van der Waals surface area contributed by atoms with E-state index in [4.69, 9.17) is 5.73 Å². The summed E-state index contributed by atoms with van der Waals surface area (Å²) in [5.74, 6) is -0.598. The molecule has 0 saturated carbocycles. The summed E-state index contributed by atoms with van der Waals surface area (Å²) in [6.07, 6.45) is 1.54. The van der Waals surface area contributed by atoms with Crippen molar-refractivity contribution in [1.82, 2.24) is 4.72 Å². The molecule has 0 unspecified atom stereocenters. The first-order valence-electron chi connectivity index (χ1n) is 6.25. The first-order valence-corrected chi connectivity index (χ1v) is 7.73. The summed E-state index contributed by atoms with van der Waals surface area (Å²) >= 11 is 0. The van der Waals surface area contributed by atoms with E-state index < -0.39 is 21.4 Å². The predicted molar refractivity (Wildman–Crippen MR) is 73.6 cm³/mol. The van der Waals surface area contributed by atoms with Crippen LogP contribution >= 0.6 is 0 Å². The first-order chi connectivity index (χ1) is 8.73. The lowest BCUT2D eigenvalue weighted by atomic mass is 10.0. The molecule has 0 spiro atoms. The number of nitrogens with one attached hydrogen (secondary N) is 1. The van der Waals surface area contributed by atoms with E-state index in [2.05, 4.69) is 4.72 Å². The molecule has 0 heterocycles. The molecule has 108 valence electrons. The molecule has 0 radical (unpaired) electrons. The zero-order chi connectivity index (χ0) is 14.7. The molecule has 6 heteroatoms. The Labute approximate surface area is 114 Å². The standard InChI is InChI=1S/C13H21FN2O2S/c1-4-8-13(2,3)16-19(17,18)12-7-5-6-11(14)10(12)9-15/h5-7,16H,4,8-9,15H2,1-3H3. The van der Waals surface area contributed by atoms with Gasteiger partial charge < -0.3 is 5.73 Å².